The first-order valence-corrected chi connectivity index (χ1v) is 40.8. The number of rotatable bonds is 78. The van der Waals surface area contributed by atoms with Gasteiger partial charge in [0.25, 0.3) is 0 Å². The van der Waals surface area contributed by atoms with Crippen LogP contribution in [0.1, 0.15) is 483 Å². The number of carbonyl (C=O) groups is 2. The Morgan fingerprint density at radius 3 is 0.701 bits per heavy atom. The van der Waals surface area contributed by atoms with Crippen LogP contribution in [0, 0.1) is 0 Å². The van der Waals surface area contributed by atoms with E-state index in [0.717, 1.165) is 38.5 Å². The summed E-state index contributed by atoms with van der Waals surface area (Å²) in [7, 11) is 0. The van der Waals surface area contributed by atoms with Crippen LogP contribution in [0.5, 0.6) is 0 Å². The molecule has 520 valence electrons. The van der Waals surface area contributed by atoms with Gasteiger partial charge in [-0.3, -0.25) is 9.59 Å². The number of aliphatic hydroxyl groups is 2. The van der Waals surface area contributed by atoms with Crippen molar-refractivity contribution in [2.75, 3.05) is 13.2 Å². The van der Waals surface area contributed by atoms with Crippen molar-refractivity contribution < 1.29 is 24.5 Å². The molecule has 0 bridgehead atoms. The molecule has 6 heteroatoms. The first kappa shape index (κ1) is 85.9. The number of unbranched alkanes of at least 4 members (excludes halogenated alkanes) is 67. The SMILES string of the molecule is CCCCCCCCCCCCCCCCCCCCCCCC(O)C(CO)NC(=O)CCCCCCCCCCCCCCCCCCCCCCCCCCCCCCCCCCCCCCCOC(=O)CCCCCCCCCCCCCC. The third-order valence-electron chi connectivity index (χ3n) is 19.7. The Morgan fingerprint density at radius 1 is 0.276 bits per heavy atom. The summed E-state index contributed by atoms with van der Waals surface area (Å²) in [5, 5.41) is 23.5. The van der Waals surface area contributed by atoms with Crippen molar-refractivity contribution in [2.24, 2.45) is 0 Å². The maximum Gasteiger partial charge on any atom is 0.305 e. The second kappa shape index (κ2) is 77.3. The van der Waals surface area contributed by atoms with Crippen molar-refractivity contribution in [3.05, 3.63) is 0 Å². The Balaban J connectivity index is 3.30. The largest absolute Gasteiger partial charge is 0.466 e. The van der Waals surface area contributed by atoms with E-state index in [1.807, 2.05) is 0 Å². The molecule has 0 aromatic heterocycles. The van der Waals surface area contributed by atoms with Crippen LogP contribution in [0.25, 0.3) is 0 Å². The minimum Gasteiger partial charge on any atom is -0.466 e. The standard InChI is InChI=1S/C81H161NO5/c1-3-5-7-9-11-13-15-17-18-19-20-38-41-44-47-50-53-57-61-65-69-73-79(84)78(77-83)82-80(85)74-70-66-62-58-54-51-48-45-42-39-36-34-32-30-28-26-24-22-21-23-25-27-29-31-33-35-37-40-43-46-49-52-56-60-64-68-72-76-87-81(86)75-71-67-63-59-55-16-14-12-10-8-6-4-2/h78-79,83-84H,3-77H2,1-2H3,(H,82,85). The van der Waals surface area contributed by atoms with Crippen molar-refractivity contribution in [3.8, 4) is 0 Å². The van der Waals surface area contributed by atoms with Crippen LogP contribution >= 0.6 is 0 Å². The van der Waals surface area contributed by atoms with Crippen LogP contribution in [0.3, 0.4) is 0 Å². The van der Waals surface area contributed by atoms with E-state index in [0.29, 0.717) is 25.9 Å². The maximum atomic E-state index is 12.6. The van der Waals surface area contributed by atoms with Gasteiger partial charge in [0, 0.05) is 12.8 Å². The molecule has 0 saturated carbocycles. The van der Waals surface area contributed by atoms with E-state index in [2.05, 4.69) is 19.2 Å². The van der Waals surface area contributed by atoms with E-state index in [1.54, 1.807) is 0 Å². The minimum atomic E-state index is -0.660. The molecule has 6 nitrogen and oxygen atoms in total. The molecule has 1 amide bonds. The highest BCUT2D eigenvalue weighted by Gasteiger charge is 2.20. The molecule has 2 unspecified atom stereocenters. The number of aliphatic hydroxyl groups excluding tert-OH is 2. The number of ether oxygens (including phenoxy) is 1. The lowest BCUT2D eigenvalue weighted by Crippen LogP contribution is -2.45. The summed E-state index contributed by atoms with van der Waals surface area (Å²) in [6.45, 7) is 5.02. The summed E-state index contributed by atoms with van der Waals surface area (Å²) >= 11 is 0. The Morgan fingerprint density at radius 2 is 0.471 bits per heavy atom. The summed E-state index contributed by atoms with van der Waals surface area (Å²) in [6.07, 6.45) is 96.4. The van der Waals surface area contributed by atoms with Gasteiger partial charge in [-0.25, -0.2) is 0 Å². The van der Waals surface area contributed by atoms with Gasteiger partial charge in [-0.15, -0.1) is 0 Å². The lowest BCUT2D eigenvalue weighted by molar-refractivity contribution is -0.143. The molecule has 0 aliphatic heterocycles. The van der Waals surface area contributed by atoms with Gasteiger partial charge in [-0.05, 0) is 25.7 Å². The molecule has 0 saturated heterocycles. The zero-order valence-corrected chi connectivity index (χ0v) is 59.8. The fourth-order valence-corrected chi connectivity index (χ4v) is 13.5. The minimum absolute atomic E-state index is 0.0230. The summed E-state index contributed by atoms with van der Waals surface area (Å²) in [6, 6.07) is -0.537. The third-order valence-corrected chi connectivity index (χ3v) is 19.7. The first-order valence-electron chi connectivity index (χ1n) is 40.8. The average Bonchev–Trinajstić information content (AvgIpc) is 3.53. The predicted octanol–water partition coefficient (Wildman–Crippen LogP) is 26.9. The van der Waals surface area contributed by atoms with Gasteiger partial charge in [0.2, 0.25) is 5.91 Å². The van der Waals surface area contributed by atoms with Gasteiger partial charge >= 0.3 is 5.97 Å². The van der Waals surface area contributed by atoms with Crippen LogP contribution < -0.4 is 5.32 Å². The second-order valence-corrected chi connectivity index (χ2v) is 28.5. The van der Waals surface area contributed by atoms with Gasteiger partial charge < -0.3 is 20.3 Å². The summed E-state index contributed by atoms with van der Waals surface area (Å²) < 4.78 is 5.49. The van der Waals surface area contributed by atoms with E-state index in [1.165, 1.54) is 411 Å². The quantitative estimate of drug-likeness (QED) is 0.0417. The first-order chi connectivity index (χ1) is 43.0. The van der Waals surface area contributed by atoms with Gasteiger partial charge in [-0.2, -0.15) is 0 Å². The van der Waals surface area contributed by atoms with E-state index >= 15 is 0 Å². The lowest BCUT2D eigenvalue weighted by Gasteiger charge is -2.22. The molecule has 0 rings (SSSR count). The number of amides is 1. The number of hydrogen-bond acceptors (Lipinski definition) is 5. The van der Waals surface area contributed by atoms with Crippen LogP contribution in [-0.4, -0.2) is 47.4 Å². The summed E-state index contributed by atoms with van der Waals surface area (Å²) in [5.74, 6) is 0.00241. The van der Waals surface area contributed by atoms with Crippen LogP contribution in [0.2, 0.25) is 0 Å². The van der Waals surface area contributed by atoms with Gasteiger partial charge in [0.1, 0.15) is 0 Å². The maximum absolute atomic E-state index is 12.6. The van der Waals surface area contributed by atoms with Gasteiger partial charge in [-0.1, -0.05) is 444 Å². The van der Waals surface area contributed by atoms with Crippen molar-refractivity contribution in [1.82, 2.24) is 5.32 Å². The predicted molar refractivity (Wildman–Crippen MR) is 384 cm³/mol. The Labute approximate surface area is 547 Å². The topological polar surface area (TPSA) is 95.9 Å². The zero-order valence-electron chi connectivity index (χ0n) is 59.8. The third kappa shape index (κ3) is 73.8. The van der Waals surface area contributed by atoms with Crippen molar-refractivity contribution in [3.63, 3.8) is 0 Å². The number of hydrogen-bond donors (Lipinski definition) is 3. The van der Waals surface area contributed by atoms with Crippen LogP contribution in [0.15, 0.2) is 0 Å². The van der Waals surface area contributed by atoms with E-state index in [9.17, 15) is 19.8 Å². The van der Waals surface area contributed by atoms with E-state index in [4.69, 9.17) is 4.74 Å². The van der Waals surface area contributed by atoms with Crippen LogP contribution in [0.4, 0.5) is 0 Å². The normalized spacial score (nSPS) is 12.4. The van der Waals surface area contributed by atoms with Crippen LogP contribution in [-0.2, 0) is 14.3 Å². The van der Waals surface area contributed by atoms with E-state index in [-0.39, 0.29) is 18.5 Å². The molecule has 0 radical (unpaired) electrons. The average molecular weight is 1230 g/mol. The molecule has 0 fully saturated rings. The summed E-state index contributed by atoms with van der Waals surface area (Å²) in [4.78, 5) is 24.6. The monoisotopic (exact) mass is 1230 g/mol. The van der Waals surface area contributed by atoms with Crippen molar-refractivity contribution in [1.29, 1.82) is 0 Å². The smallest absolute Gasteiger partial charge is 0.305 e. The molecular weight excluding hydrogens is 1070 g/mol. The fraction of sp³-hybridized carbons (Fsp3) is 0.975. The molecule has 0 aliphatic rings. The molecule has 2 atom stereocenters. The van der Waals surface area contributed by atoms with Gasteiger partial charge in [0.05, 0.1) is 25.4 Å². The molecular formula is C81H161NO5. The molecule has 3 N–H and O–H groups in total. The molecule has 0 aliphatic carbocycles. The molecule has 0 heterocycles. The lowest BCUT2D eigenvalue weighted by atomic mass is 10.0. The number of esters is 1. The van der Waals surface area contributed by atoms with E-state index < -0.39 is 12.1 Å². The summed E-state index contributed by atoms with van der Waals surface area (Å²) in [5.41, 5.74) is 0. The Hall–Kier alpha value is -1.14. The highest BCUT2D eigenvalue weighted by atomic mass is 16.5. The van der Waals surface area contributed by atoms with Crippen molar-refractivity contribution >= 4 is 11.9 Å². The fourth-order valence-electron chi connectivity index (χ4n) is 13.5. The number of nitrogens with one attached hydrogen (secondary N) is 1. The number of carbonyl (C=O) groups excluding carboxylic acids is 2. The molecule has 0 spiro atoms. The molecule has 0 aromatic carbocycles. The molecule has 87 heavy (non-hydrogen) atoms. The second-order valence-electron chi connectivity index (χ2n) is 28.5. The van der Waals surface area contributed by atoms with Gasteiger partial charge in [0.15, 0.2) is 0 Å². The Kier molecular flexibility index (Phi) is 76.3. The highest BCUT2D eigenvalue weighted by molar-refractivity contribution is 5.76. The highest BCUT2D eigenvalue weighted by Crippen LogP contribution is 2.21. The Bertz CT molecular complexity index is 1280. The molecule has 0 aromatic rings. The van der Waals surface area contributed by atoms with Crippen molar-refractivity contribution in [2.45, 2.75) is 495 Å². The zero-order chi connectivity index (χ0) is 62.8.